The molecule has 2 unspecified atom stereocenters. The first kappa shape index (κ1) is 24.4. The maximum atomic E-state index is 12.8. The molecule has 176 valence electrons. The van der Waals surface area contributed by atoms with Crippen molar-refractivity contribution in [1.29, 1.82) is 0 Å². The third kappa shape index (κ3) is 5.38. The molecule has 11 heteroatoms. The minimum atomic E-state index is -4.46. The van der Waals surface area contributed by atoms with E-state index in [-0.39, 0.29) is 11.2 Å². The molecule has 0 aromatic carbocycles. The van der Waals surface area contributed by atoms with Crippen molar-refractivity contribution in [1.82, 2.24) is 9.55 Å². The molecule has 3 rings (SSSR count). The lowest BCUT2D eigenvalue weighted by Gasteiger charge is -2.42. The molecular weight excluding hydrogens is 425 g/mol. The molecule has 0 radical (unpaired) electrons. The van der Waals surface area contributed by atoms with Gasteiger partial charge >= 0.3 is 13.5 Å². The zero-order valence-corrected chi connectivity index (χ0v) is 20.1. The fraction of sp³-hybridized carbons (Fsp3) is 0.800. The standard InChI is InChI=1S/C20H34N3O7P/c1-12-10-23(17(24)22-15(12)21)16-13-14(29-31(25,26)30-19(5,6)7)20(28-16,8-9-27-13)11-18(2,3)4/h10,13-14,16H,8-9,11H2,1-7H3,(H,25,26)(H2,21,22,24)/t13-,14?,16+,20+/m0/s1. The van der Waals surface area contributed by atoms with Crippen LogP contribution in [0.4, 0.5) is 5.82 Å². The number of ether oxygens (including phenoxy) is 2. The summed E-state index contributed by atoms with van der Waals surface area (Å²) in [4.78, 5) is 26.9. The molecule has 0 amide bonds. The van der Waals surface area contributed by atoms with Crippen molar-refractivity contribution in [2.45, 2.75) is 90.9 Å². The molecule has 0 aliphatic carbocycles. The van der Waals surface area contributed by atoms with Crippen molar-refractivity contribution in [3.8, 4) is 0 Å². The smallest absolute Gasteiger partial charge is 0.383 e. The van der Waals surface area contributed by atoms with Crippen LogP contribution in [0.25, 0.3) is 0 Å². The molecule has 1 aromatic rings. The summed E-state index contributed by atoms with van der Waals surface area (Å²) in [5, 5.41) is 0. The molecule has 0 spiro atoms. The van der Waals surface area contributed by atoms with Gasteiger partial charge in [0.1, 0.15) is 23.6 Å². The molecule has 5 atom stereocenters. The second-order valence-corrected chi connectivity index (χ2v) is 11.9. The van der Waals surface area contributed by atoms with E-state index in [9.17, 15) is 14.3 Å². The molecule has 2 aliphatic heterocycles. The quantitative estimate of drug-likeness (QED) is 0.637. The van der Waals surface area contributed by atoms with E-state index >= 15 is 0 Å². The number of nitrogens with zero attached hydrogens (tertiary/aromatic N) is 2. The normalized spacial score (nSPS) is 30.9. The van der Waals surface area contributed by atoms with Crippen molar-refractivity contribution in [2.24, 2.45) is 5.41 Å². The van der Waals surface area contributed by atoms with Crippen LogP contribution in [0.3, 0.4) is 0 Å². The van der Waals surface area contributed by atoms with Crippen molar-refractivity contribution in [3.63, 3.8) is 0 Å². The minimum absolute atomic E-state index is 0.138. The van der Waals surface area contributed by atoms with E-state index in [2.05, 4.69) is 4.98 Å². The first-order chi connectivity index (χ1) is 14.0. The van der Waals surface area contributed by atoms with Crippen molar-refractivity contribution in [3.05, 3.63) is 22.2 Å². The van der Waals surface area contributed by atoms with Crippen LogP contribution >= 0.6 is 7.82 Å². The number of hydrogen-bond donors (Lipinski definition) is 2. The van der Waals surface area contributed by atoms with Crippen LogP contribution in [0.15, 0.2) is 11.0 Å². The topological polar surface area (TPSA) is 135 Å². The molecule has 31 heavy (non-hydrogen) atoms. The number of fused-ring (bicyclic) bond motifs is 2. The van der Waals surface area contributed by atoms with E-state index < -0.39 is 43.2 Å². The molecule has 3 heterocycles. The Hall–Kier alpha value is -1.29. The van der Waals surface area contributed by atoms with Crippen LogP contribution in [0.2, 0.25) is 0 Å². The number of rotatable bonds is 5. The molecule has 1 aromatic heterocycles. The Bertz CT molecular complexity index is 936. The number of nitrogens with two attached hydrogens (primary N) is 1. The van der Waals surface area contributed by atoms with Gasteiger partial charge in [-0.2, -0.15) is 4.98 Å². The number of aryl methyl sites for hydroxylation is 1. The van der Waals surface area contributed by atoms with Gasteiger partial charge < -0.3 is 20.1 Å². The number of phosphoric ester groups is 1. The summed E-state index contributed by atoms with van der Waals surface area (Å²) >= 11 is 0. The summed E-state index contributed by atoms with van der Waals surface area (Å²) < 4.78 is 37.5. The van der Waals surface area contributed by atoms with Gasteiger partial charge in [-0.05, 0) is 39.5 Å². The third-order valence-electron chi connectivity index (χ3n) is 5.20. The van der Waals surface area contributed by atoms with Crippen LogP contribution in [0.1, 0.15) is 66.2 Å². The highest BCUT2D eigenvalue weighted by Gasteiger charge is 2.62. The predicted molar refractivity (Wildman–Crippen MR) is 114 cm³/mol. The number of hydrogen-bond acceptors (Lipinski definition) is 8. The number of phosphoric acid groups is 1. The Balaban J connectivity index is 2.04. The van der Waals surface area contributed by atoms with Crippen LogP contribution in [-0.4, -0.2) is 44.5 Å². The van der Waals surface area contributed by atoms with E-state index in [1.54, 1.807) is 33.9 Å². The molecular formula is C20H34N3O7P. The Morgan fingerprint density at radius 1 is 1.35 bits per heavy atom. The maximum Gasteiger partial charge on any atom is 0.473 e. The molecule has 2 saturated heterocycles. The van der Waals surface area contributed by atoms with Crippen molar-refractivity contribution >= 4 is 13.6 Å². The van der Waals surface area contributed by atoms with E-state index in [4.69, 9.17) is 24.3 Å². The average molecular weight is 459 g/mol. The second kappa shape index (κ2) is 7.93. The summed E-state index contributed by atoms with van der Waals surface area (Å²) in [6, 6.07) is 0. The van der Waals surface area contributed by atoms with Gasteiger partial charge in [-0.15, -0.1) is 0 Å². The highest BCUT2D eigenvalue weighted by molar-refractivity contribution is 7.47. The zero-order chi connectivity index (χ0) is 23.4. The van der Waals surface area contributed by atoms with E-state index in [0.717, 1.165) is 0 Å². The number of nitrogen functional groups attached to an aromatic ring is 1. The molecule has 2 fully saturated rings. The Morgan fingerprint density at radius 3 is 2.58 bits per heavy atom. The van der Waals surface area contributed by atoms with Crippen LogP contribution < -0.4 is 11.4 Å². The van der Waals surface area contributed by atoms with E-state index in [1.165, 1.54) is 4.57 Å². The van der Waals surface area contributed by atoms with Crippen LogP contribution in [0, 0.1) is 12.3 Å². The molecule has 2 bridgehead atoms. The SMILES string of the molecule is Cc1cn([C@@H]2O[C@@]3(CC(C)(C)C)CCO[C@H]2C3OP(=O)(O)OC(C)(C)C)c(=O)nc1N. The lowest BCUT2D eigenvalue weighted by Crippen LogP contribution is -2.52. The summed E-state index contributed by atoms with van der Waals surface area (Å²) in [5.74, 6) is 0.138. The van der Waals surface area contributed by atoms with Gasteiger partial charge in [-0.25, -0.2) is 9.36 Å². The molecule has 2 aliphatic rings. The second-order valence-electron chi connectivity index (χ2n) is 10.6. The van der Waals surface area contributed by atoms with Gasteiger partial charge in [0.25, 0.3) is 0 Å². The fourth-order valence-electron chi connectivity index (χ4n) is 4.33. The highest BCUT2D eigenvalue weighted by atomic mass is 31.2. The first-order valence-corrected chi connectivity index (χ1v) is 11.9. The molecule has 0 saturated carbocycles. The number of aromatic nitrogens is 2. The van der Waals surface area contributed by atoms with Gasteiger partial charge in [0, 0.05) is 18.2 Å². The van der Waals surface area contributed by atoms with Gasteiger partial charge in [-0.1, -0.05) is 20.8 Å². The van der Waals surface area contributed by atoms with E-state index in [1.807, 2.05) is 20.8 Å². The largest absolute Gasteiger partial charge is 0.473 e. The van der Waals surface area contributed by atoms with Gasteiger partial charge in [0.15, 0.2) is 6.23 Å². The summed E-state index contributed by atoms with van der Waals surface area (Å²) in [6.45, 7) is 13.2. The lowest BCUT2D eigenvalue weighted by atomic mass is 9.76. The number of anilines is 1. The van der Waals surface area contributed by atoms with Gasteiger partial charge in [0.2, 0.25) is 0 Å². The summed E-state index contributed by atoms with van der Waals surface area (Å²) in [5.41, 5.74) is 3.75. The zero-order valence-electron chi connectivity index (χ0n) is 19.2. The lowest BCUT2D eigenvalue weighted by molar-refractivity contribution is -0.138. The summed E-state index contributed by atoms with van der Waals surface area (Å²) in [7, 11) is -4.46. The minimum Gasteiger partial charge on any atom is -0.383 e. The van der Waals surface area contributed by atoms with Crippen LogP contribution in [-0.2, 0) is 23.1 Å². The third-order valence-corrected chi connectivity index (χ3v) is 6.47. The summed E-state index contributed by atoms with van der Waals surface area (Å²) in [6.07, 6.45) is -0.0917. The van der Waals surface area contributed by atoms with Crippen LogP contribution in [0.5, 0.6) is 0 Å². The Kier molecular flexibility index (Phi) is 6.23. The monoisotopic (exact) mass is 459 g/mol. The average Bonchev–Trinajstić information content (AvgIpc) is 2.70. The Morgan fingerprint density at radius 2 is 2.00 bits per heavy atom. The highest BCUT2D eigenvalue weighted by Crippen LogP contribution is 2.57. The van der Waals surface area contributed by atoms with Gasteiger partial charge in [0.05, 0.1) is 12.2 Å². The van der Waals surface area contributed by atoms with Crippen molar-refractivity contribution in [2.75, 3.05) is 12.3 Å². The fourth-order valence-corrected chi connectivity index (χ4v) is 5.67. The van der Waals surface area contributed by atoms with Crippen molar-refractivity contribution < 1.29 is 28.0 Å². The maximum absolute atomic E-state index is 12.8. The van der Waals surface area contributed by atoms with Gasteiger partial charge in [-0.3, -0.25) is 13.6 Å². The Labute approximate surface area is 182 Å². The van der Waals surface area contributed by atoms with E-state index in [0.29, 0.717) is 25.0 Å². The first-order valence-electron chi connectivity index (χ1n) is 10.4. The molecule has 3 N–H and O–H groups in total. The molecule has 10 nitrogen and oxygen atoms in total. The predicted octanol–water partition coefficient (Wildman–Crippen LogP) is 2.93.